The van der Waals surface area contributed by atoms with Gasteiger partial charge in [0.2, 0.25) is 0 Å². The summed E-state index contributed by atoms with van der Waals surface area (Å²) in [5.41, 5.74) is 9.19. The monoisotopic (exact) mass is 539 g/mol. The summed E-state index contributed by atoms with van der Waals surface area (Å²) in [5, 5.41) is 0. The van der Waals surface area contributed by atoms with Crippen molar-refractivity contribution in [2.75, 3.05) is 0 Å². The van der Waals surface area contributed by atoms with E-state index in [0.29, 0.717) is 17.5 Å². The van der Waals surface area contributed by atoms with Crippen molar-refractivity contribution in [2.24, 2.45) is 0 Å². The normalized spacial score (nSPS) is 10.9. The summed E-state index contributed by atoms with van der Waals surface area (Å²) < 4.78 is 0. The summed E-state index contributed by atoms with van der Waals surface area (Å²) in [6.45, 7) is 0. The van der Waals surface area contributed by atoms with E-state index in [2.05, 4.69) is 53.5 Å². The first kappa shape index (κ1) is 25.2. The third-order valence-corrected chi connectivity index (χ3v) is 7.11. The van der Waals surface area contributed by atoms with Gasteiger partial charge >= 0.3 is 0 Å². The highest BCUT2D eigenvalue weighted by Gasteiger charge is 2.13. The highest BCUT2D eigenvalue weighted by atomic mass is 15.0. The molecule has 0 spiro atoms. The Morgan fingerprint density at radius 1 is 0.333 bits per heavy atom. The van der Waals surface area contributed by atoms with Crippen LogP contribution in [0.5, 0.6) is 0 Å². The molecular formula is C37H25N5. The van der Waals surface area contributed by atoms with E-state index in [1.54, 1.807) is 12.4 Å². The molecule has 0 saturated heterocycles. The molecule has 0 saturated carbocycles. The molecule has 7 rings (SSSR count). The first-order chi connectivity index (χ1) is 20.8. The van der Waals surface area contributed by atoms with Crippen LogP contribution in [0.25, 0.3) is 67.7 Å². The predicted molar refractivity (Wildman–Crippen MR) is 168 cm³/mol. The lowest BCUT2D eigenvalue weighted by Gasteiger charge is -2.10. The number of hydrogen-bond donors (Lipinski definition) is 0. The van der Waals surface area contributed by atoms with Crippen LogP contribution in [0.4, 0.5) is 0 Å². The van der Waals surface area contributed by atoms with Gasteiger partial charge in [-0.05, 0) is 41.0 Å². The molecule has 0 aliphatic heterocycles. The van der Waals surface area contributed by atoms with E-state index in [-0.39, 0.29) is 0 Å². The number of hydrogen-bond acceptors (Lipinski definition) is 5. The predicted octanol–water partition coefficient (Wildman–Crippen LogP) is 8.66. The van der Waals surface area contributed by atoms with Crippen molar-refractivity contribution in [1.29, 1.82) is 0 Å². The van der Waals surface area contributed by atoms with E-state index in [1.807, 2.05) is 91.1 Å². The SMILES string of the molecule is c1ccc(-c2nc(-c3ccccc3)nc(-c3cccc(-c4ccc(-c5ccc(-c6ccncc6)cn5)cc4)c3)n2)cc1. The molecular weight excluding hydrogens is 514 g/mol. The Bertz CT molecular complexity index is 1880. The van der Waals surface area contributed by atoms with Crippen LogP contribution >= 0.6 is 0 Å². The highest BCUT2D eigenvalue weighted by Crippen LogP contribution is 2.30. The Kier molecular flexibility index (Phi) is 6.81. The van der Waals surface area contributed by atoms with E-state index in [9.17, 15) is 0 Å². The van der Waals surface area contributed by atoms with Gasteiger partial charge in [0.15, 0.2) is 17.5 Å². The van der Waals surface area contributed by atoms with E-state index < -0.39 is 0 Å². The molecule has 0 atom stereocenters. The lowest BCUT2D eigenvalue weighted by atomic mass is 10.00. The van der Waals surface area contributed by atoms with Crippen LogP contribution in [0.1, 0.15) is 0 Å². The molecule has 5 heteroatoms. The molecule has 4 aromatic carbocycles. The van der Waals surface area contributed by atoms with Gasteiger partial charge in [-0.2, -0.15) is 0 Å². The second-order valence-electron chi connectivity index (χ2n) is 9.86. The van der Waals surface area contributed by atoms with Gasteiger partial charge in [0, 0.05) is 46.4 Å². The molecule has 0 unspecified atom stereocenters. The zero-order chi connectivity index (χ0) is 28.1. The van der Waals surface area contributed by atoms with Gasteiger partial charge in [-0.15, -0.1) is 0 Å². The first-order valence-electron chi connectivity index (χ1n) is 13.7. The van der Waals surface area contributed by atoms with Crippen LogP contribution in [0.2, 0.25) is 0 Å². The number of pyridine rings is 2. The molecule has 42 heavy (non-hydrogen) atoms. The highest BCUT2D eigenvalue weighted by molar-refractivity contribution is 5.74. The maximum absolute atomic E-state index is 4.88. The summed E-state index contributed by atoms with van der Waals surface area (Å²) in [4.78, 5) is 23.4. The second kappa shape index (κ2) is 11.4. The van der Waals surface area contributed by atoms with E-state index in [4.69, 9.17) is 19.9 Å². The standard InChI is InChI=1S/C37H25N5/c1-3-8-29(9-4-1)35-40-36(30-10-5-2-6-11-30)42-37(41-35)32-13-7-12-31(24-32)26-14-16-28(17-15-26)34-19-18-33(25-39-34)27-20-22-38-23-21-27/h1-25H. The average Bonchev–Trinajstić information content (AvgIpc) is 3.09. The Morgan fingerprint density at radius 2 is 0.833 bits per heavy atom. The maximum Gasteiger partial charge on any atom is 0.164 e. The molecule has 0 amide bonds. The fraction of sp³-hybridized carbons (Fsp3) is 0. The van der Waals surface area contributed by atoms with Crippen molar-refractivity contribution in [2.45, 2.75) is 0 Å². The summed E-state index contributed by atoms with van der Waals surface area (Å²) in [7, 11) is 0. The smallest absolute Gasteiger partial charge is 0.164 e. The molecule has 0 fully saturated rings. The van der Waals surface area contributed by atoms with Crippen LogP contribution in [0, 0.1) is 0 Å². The minimum absolute atomic E-state index is 0.639. The Balaban J connectivity index is 1.20. The quantitative estimate of drug-likeness (QED) is 0.212. The molecule has 0 aliphatic carbocycles. The zero-order valence-electron chi connectivity index (χ0n) is 22.7. The molecule has 0 N–H and O–H groups in total. The van der Waals surface area contributed by atoms with Crippen molar-refractivity contribution < 1.29 is 0 Å². The molecule has 0 aliphatic rings. The summed E-state index contributed by atoms with van der Waals surface area (Å²) >= 11 is 0. The minimum atomic E-state index is 0.639. The third kappa shape index (κ3) is 5.31. The number of nitrogens with zero attached hydrogens (tertiary/aromatic N) is 5. The lowest BCUT2D eigenvalue weighted by Crippen LogP contribution is -2.00. The van der Waals surface area contributed by atoms with Gasteiger partial charge in [0.05, 0.1) is 5.69 Å². The number of aromatic nitrogens is 5. The van der Waals surface area contributed by atoms with Crippen molar-refractivity contribution in [3.8, 4) is 67.7 Å². The van der Waals surface area contributed by atoms with Gasteiger partial charge in [0.25, 0.3) is 0 Å². The van der Waals surface area contributed by atoms with Gasteiger partial charge in [-0.25, -0.2) is 15.0 Å². The molecule has 7 aromatic rings. The van der Waals surface area contributed by atoms with Crippen LogP contribution in [-0.4, -0.2) is 24.9 Å². The van der Waals surface area contributed by atoms with Crippen LogP contribution in [-0.2, 0) is 0 Å². The van der Waals surface area contributed by atoms with E-state index in [0.717, 1.165) is 50.2 Å². The third-order valence-electron chi connectivity index (χ3n) is 7.11. The van der Waals surface area contributed by atoms with Crippen molar-refractivity contribution >= 4 is 0 Å². The Morgan fingerprint density at radius 3 is 1.43 bits per heavy atom. The Hall–Kier alpha value is -5.81. The molecule has 3 aromatic heterocycles. The fourth-order valence-corrected chi connectivity index (χ4v) is 4.89. The molecule has 0 radical (unpaired) electrons. The fourth-order valence-electron chi connectivity index (χ4n) is 4.89. The lowest BCUT2D eigenvalue weighted by molar-refractivity contribution is 1.07. The van der Waals surface area contributed by atoms with Crippen LogP contribution in [0.3, 0.4) is 0 Å². The zero-order valence-corrected chi connectivity index (χ0v) is 22.7. The van der Waals surface area contributed by atoms with Gasteiger partial charge < -0.3 is 0 Å². The second-order valence-corrected chi connectivity index (χ2v) is 9.86. The van der Waals surface area contributed by atoms with Crippen molar-refractivity contribution in [3.05, 3.63) is 152 Å². The summed E-state index contributed by atoms with van der Waals surface area (Å²) in [5.74, 6) is 1.94. The summed E-state index contributed by atoms with van der Waals surface area (Å²) in [6, 6.07) is 45.0. The maximum atomic E-state index is 4.88. The average molecular weight is 540 g/mol. The minimum Gasteiger partial charge on any atom is -0.265 e. The molecule has 5 nitrogen and oxygen atoms in total. The van der Waals surface area contributed by atoms with E-state index in [1.165, 1.54) is 0 Å². The molecule has 0 bridgehead atoms. The number of benzene rings is 4. The topological polar surface area (TPSA) is 64.5 Å². The summed E-state index contributed by atoms with van der Waals surface area (Å²) in [6.07, 6.45) is 5.49. The number of rotatable bonds is 6. The Labute approximate surface area is 244 Å². The first-order valence-corrected chi connectivity index (χ1v) is 13.7. The molecule has 3 heterocycles. The molecule has 198 valence electrons. The van der Waals surface area contributed by atoms with Gasteiger partial charge in [0.1, 0.15) is 0 Å². The van der Waals surface area contributed by atoms with Crippen LogP contribution < -0.4 is 0 Å². The van der Waals surface area contributed by atoms with E-state index >= 15 is 0 Å². The van der Waals surface area contributed by atoms with Crippen LogP contribution in [0.15, 0.2) is 152 Å². The largest absolute Gasteiger partial charge is 0.265 e. The van der Waals surface area contributed by atoms with Crippen molar-refractivity contribution in [1.82, 2.24) is 24.9 Å². The van der Waals surface area contributed by atoms with Crippen molar-refractivity contribution in [3.63, 3.8) is 0 Å². The van der Waals surface area contributed by atoms with Gasteiger partial charge in [-0.3, -0.25) is 9.97 Å². The van der Waals surface area contributed by atoms with Gasteiger partial charge in [-0.1, -0.05) is 109 Å².